The van der Waals surface area contributed by atoms with Gasteiger partial charge in [-0.05, 0) is 60.5 Å². The van der Waals surface area contributed by atoms with Gasteiger partial charge in [-0.1, -0.05) is 41.6 Å². The highest BCUT2D eigenvalue weighted by Gasteiger charge is 2.09. The molecule has 3 aromatic carbocycles. The first-order valence-corrected chi connectivity index (χ1v) is 11.9. The third-order valence-corrected chi connectivity index (χ3v) is 5.73. The summed E-state index contributed by atoms with van der Waals surface area (Å²) in [4.78, 5) is 27.7. The van der Waals surface area contributed by atoms with E-state index in [1.54, 1.807) is 30.6 Å². The summed E-state index contributed by atoms with van der Waals surface area (Å²) in [6, 6.07) is 24.3. The largest absolute Gasteiger partial charge is 0.487 e. The molecular weight excluding hydrogens is 482 g/mol. The number of aromatic amines is 1. The molecule has 2 amide bonds. The van der Waals surface area contributed by atoms with Gasteiger partial charge in [0.05, 0.1) is 12.4 Å². The summed E-state index contributed by atoms with van der Waals surface area (Å²) in [6.45, 7) is 2.18. The number of fused-ring (bicyclic) bond motifs is 1. The molecule has 0 aliphatic heterocycles. The van der Waals surface area contributed by atoms with Crippen molar-refractivity contribution in [2.75, 3.05) is 5.32 Å². The van der Waals surface area contributed by atoms with Crippen LogP contribution in [0.1, 0.15) is 27.3 Å². The molecule has 190 valence electrons. The number of H-pyrrole nitrogens is 1. The summed E-state index contributed by atoms with van der Waals surface area (Å²) in [5.74, 6) is 0.126. The lowest BCUT2D eigenvalue weighted by Gasteiger charge is -2.07. The van der Waals surface area contributed by atoms with E-state index in [9.17, 15) is 9.59 Å². The molecule has 2 aromatic heterocycles. The maximum atomic E-state index is 12.3. The summed E-state index contributed by atoms with van der Waals surface area (Å²) in [5.41, 5.74) is 7.00. The van der Waals surface area contributed by atoms with Gasteiger partial charge in [-0.15, -0.1) is 5.10 Å². The van der Waals surface area contributed by atoms with Crippen LogP contribution in [-0.2, 0) is 17.9 Å². The van der Waals surface area contributed by atoms with Crippen LogP contribution in [0.4, 0.5) is 5.69 Å². The van der Waals surface area contributed by atoms with E-state index in [2.05, 4.69) is 31.1 Å². The van der Waals surface area contributed by atoms with Crippen molar-refractivity contribution in [3.8, 4) is 5.75 Å². The van der Waals surface area contributed by atoms with Crippen molar-refractivity contribution in [2.24, 2.45) is 5.10 Å². The van der Waals surface area contributed by atoms with Crippen LogP contribution in [0.15, 0.2) is 90.2 Å². The van der Waals surface area contributed by atoms with Crippen LogP contribution < -0.4 is 15.5 Å². The number of carbonyl (C=O) groups is 2. The smallest absolute Gasteiger partial charge is 0.287 e. The van der Waals surface area contributed by atoms with Gasteiger partial charge >= 0.3 is 0 Å². The summed E-state index contributed by atoms with van der Waals surface area (Å²) in [5, 5.41) is 15.9. The van der Waals surface area contributed by atoms with Gasteiger partial charge < -0.3 is 15.0 Å². The predicted octanol–water partition coefficient (Wildman–Crippen LogP) is 4.05. The van der Waals surface area contributed by atoms with Crippen LogP contribution in [0.5, 0.6) is 5.75 Å². The lowest BCUT2D eigenvalue weighted by atomic mass is 10.2. The van der Waals surface area contributed by atoms with Crippen LogP contribution in [-0.4, -0.2) is 38.0 Å². The molecule has 0 aliphatic carbocycles. The Kier molecular flexibility index (Phi) is 7.21. The number of amides is 2. The fourth-order valence-electron chi connectivity index (χ4n) is 3.76. The molecule has 0 spiro atoms. The van der Waals surface area contributed by atoms with Gasteiger partial charge in [-0.3, -0.25) is 9.59 Å². The van der Waals surface area contributed by atoms with E-state index in [0.717, 1.165) is 27.7 Å². The first-order valence-electron chi connectivity index (χ1n) is 11.9. The molecule has 5 rings (SSSR count). The second-order valence-electron chi connectivity index (χ2n) is 8.60. The average molecular weight is 508 g/mol. The molecule has 0 saturated heterocycles. The van der Waals surface area contributed by atoms with Crippen molar-refractivity contribution in [1.82, 2.24) is 25.4 Å². The number of ether oxygens (including phenoxy) is 1. The predicted molar refractivity (Wildman–Crippen MR) is 144 cm³/mol. The number of aryl methyl sites for hydroxylation is 1. The SMILES string of the molecule is Cc1ccccc1NC(=O)Cn1cc(COc2ccc(/C=N/NC(=O)c3cc4ccccc4[nH]3)cc2)nn1. The lowest BCUT2D eigenvalue weighted by Crippen LogP contribution is -2.19. The molecule has 10 nitrogen and oxygen atoms in total. The van der Waals surface area contributed by atoms with E-state index in [1.165, 1.54) is 4.68 Å². The fourth-order valence-corrected chi connectivity index (χ4v) is 3.76. The third-order valence-electron chi connectivity index (χ3n) is 5.73. The van der Waals surface area contributed by atoms with Crippen molar-refractivity contribution < 1.29 is 14.3 Å². The maximum Gasteiger partial charge on any atom is 0.287 e. The van der Waals surface area contributed by atoms with E-state index < -0.39 is 0 Å². The highest BCUT2D eigenvalue weighted by atomic mass is 16.5. The van der Waals surface area contributed by atoms with Gasteiger partial charge in [-0.25, -0.2) is 10.1 Å². The molecule has 0 fully saturated rings. The number of anilines is 1. The molecule has 0 unspecified atom stereocenters. The number of nitrogens with one attached hydrogen (secondary N) is 3. The van der Waals surface area contributed by atoms with Gasteiger partial charge in [0.1, 0.15) is 30.3 Å². The van der Waals surface area contributed by atoms with Crippen molar-refractivity contribution in [3.63, 3.8) is 0 Å². The normalized spacial score (nSPS) is 11.1. The monoisotopic (exact) mass is 507 g/mol. The first kappa shape index (κ1) is 24.4. The molecule has 10 heteroatoms. The molecule has 0 radical (unpaired) electrons. The fraction of sp³-hybridized carbons (Fsp3) is 0.107. The Morgan fingerprint density at radius 2 is 1.84 bits per heavy atom. The third kappa shape index (κ3) is 6.11. The quantitative estimate of drug-likeness (QED) is 0.205. The van der Waals surface area contributed by atoms with Gasteiger partial charge in [-0.2, -0.15) is 5.10 Å². The van der Waals surface area contributed by atoms with Gasteiger partial charge in [0.25, 0.3) is 5.91 Å². The molecule has 0 atom stereocenters. The molecule has 0 bridgehead atoms. The Morgan fingerprint density at radius 1 is 1.05 bits per heavy atom. The molecule has 3 N–H and O–H groups in total. The van der Waals surface area contributed by atoms with Crippen molar-refractivity contribution in [1.29, 1.82) is 0 Å². The zero-order valence-corrected chi connectivity index (χ0v) is 20.6. The standard InChI is InChI=1S/C28H25N7O3/c1-19-6-2-4-8-24(19)31-27(36)17-35-16-22(32-34-35)18-38-23-12-10-20(11-13-23)15-29-33-28(37)26-14-21-7-3-5-9-25(21)30-26/h2-16,30H,17-18H2,1H3,(H,31,36)(H,33,37)/b29-15+. The maximum absolute atomic E-state index is 12.3. The minimum Gasteiger partial charge on any atom is -0.487 e. The molecule has 5 aromatic rings. The summed E-state index contributed by atoms with van der Waals surface area (Å²) >= 11 is 0. The van der Waals surface area contributed by atoms with Crippen LogP contribution in [0.2, 0.25) is 0 Å². The van der Waals surface area contributed by atoms with Crippen LogP contribution in [0.25, 0.3) is 10.9 Å². The molecule has 2 heterocycles. The Balaban J connectivity index is 1.08. The number of hydrogen-bond acceptors (Lipinski definition) is 6. The van der Waals surface area contributed by atoms with E-state index >= 15 is 0 Å². The minimum absolute atomic E-state index is 0.0478. The van der Waals surface area contributed by atoms with Gasteiger partial charge in [0.15, 0.2) is 0 Å². The number of hydrogen-bond donors (Lipinski definition) is 3. The molecule has 0 aliphatic rings. The molecular formula is C28H25N7O3. The Labute approximate surface area is 218 Å². The van der Waals surface area contributed by atoms with Gasteiger partial charge in [0, 0.05) is 16.6 Å². The lowest BCUT2D eigenvalue weighted by molar-refractivity contribution is -0.116. The highest BCUT2D eigenvalue weighted by molar-refractivity contribution is 5.98. The van der Waals surface area contributed by atoms with E-state index in [0.29, 0.717) is 17.1 Å². The number of hydrazone groups is 1. The van der Waals surface area contributed by atoms with Crippen LogP contribution in [0.3, 0.4) is 0 Å². The van der Waals surface area contributed by atoms with Crippen molar-refractivity contribution >= 4 is 34.6 Å². The van der Waals surface area contributed by atoms with Crippen molar-refractivity contribution in [3.05, 3.63) is 108 Å². The minimum atomic E-state index is -0.321. The second-order valence-corrected chi connectivity index (χ2v) is 8.60. The van der Waals surface area contributed by atoms with E-state index in [-0.39, 0.29) is 25.0 Å². The second kappa shape index (κ2) is 11.2. The number of para-hydroxylation sites is 2. The van der Waals surface area contributed by atoms with Crippen molar-refractivity contribution in [2.45, 2.75) is 20.1 Å². The summed E-state index contributed by atoms with van der Waals surface area (Å²) in [6.07, 6.45) is 3.23. The number of rotatable bonds is 9. The summed E-state index contributed by atoms with van der Waals surface area (Å²) in [7, 11) is 0. The Hall–Kier alpha value is -5.25. The first-order chi connectivity index (χ1) is 18.5. The number of aromatic nitrogens is 4. The number of carbonyl (C=O) groups excluding carboxylic acids is 2. The molecule has 38 heavy (non-hydrogen) atoms. The number of benzene rings is 3. The van der Waals surface area contributed by atoms with Crippen LogP contribution in [0, 0.1) is 6.92 Å². The summed E-state index contributed by atoms with van der Waals surface area (Å²) < 4.78 is 7.24. The highest BCUT2D eigenvalue weighted by Crippen LogP contribution is 2.16. The van der Waals surface area contributed by atoms with Crippen LogP contribution >= 0.6 is 0 Å². The number of nitrogens with zero attached hydrogens (tertiary/aromatic N) is 4. The zero-order valence-electron chi connectivity index (χ0n) is 20.6. The Morgan fingerprint density at radius 3 is 2.66 bits per heavy atom. The molecule has 0 saturated carbocycles. The van der Waals surface area contributed by atoms with E-state index in [4.69, 9.17) is 4.74 Å². The van der Waals surface area contributed by atoms with E-state index in [1.807, 2.05) is 67.6 Å². The topological polar surface area (TPSA) is 126 Å². The van der Waals surface area contributed by atoms with Gasteiger partial charge in [0.2, 0.25) is 5.91 Å². The zero-order chi connectivity index (χ0) is 26.3. The Bertz CT molecular complexity index is 1570. The average Bonchev–Trinajstić information content (AvgIpc) is 3.56.